The Bertz CT molecular complexity index is 242. The monoisotopic (exact) mass is 181 g/mol. The third-order valence-corrected chi connectivity index (χ3v) is 4.14. The molecule has 0 atom stereocenters. The molecule has 3 nitrogen and oxygen atoms in total. The fraction of sp³-hybridized carbons (Fsp3) is 0.500. The van der Waals surface area contributed by atoms with E-state index in [0.717, 1.165) is 5.82 Å². The quantitative estimate of drug-likeness (QED) is 0.651. The molecule has 1 aromatic heterocycles. The number of rotatable bonds is 2. The zero-order valence-corrected chi connectivity index (χ0v) is 9.07. The van der Waals surface area contributed by atoms with Crippen molar-refractivity contribution < 1.29 is 0 Å². The van der Waals surface area contributed by atoms with E-state index in [1.807, 2.05) is 0 Å². The van der Waals surface area contributed by atoms with Crippen LogP contribution in [0.25, 0.3) is 0 Å². The normalized spacial score (nSPS) is 11.3. The Hall–Kier alpha value is -0.903. The highest BCUT2D eigenvalue weighted by Crippen LogP contribution is 2.14. The molecule has 0 unspecified atom stereocenters. The first kappa shape index (κ1) is 9.19. The third kappa shape index (κ3) is 2.04. The summed E-state index contributed by atoms with van der Waals surface area (Å²) in [6, 6.07) is 0. The highest BCUT2D eigenvalue weighted by molar-refractivity contribution is 6.79. The Labute approximate surface area is 74.6 Å². The topological polar surface area (TPSA) is 29.0 Å². The first-order valence-electron chi connectivity index (χ1n) is 4.01. The predicted molar refractivity (Wildman–Crippen MR) is 53.8 cm³/mol. The van der Waals surface area contributed by atoms with E-state index in [1.54, 1.807) is 18.6 Å². The summed E-state index contributed by atoms with van der Waals surface area (Å²) in [6.45, 7) is 6.84. The molecule has 0 fully saturated rings. The van der Waals surface area contributed by atoms with Crippen molar-refractivity contribution in [3.63, 3.8) is 0 Å². The maximum atomic E-state index is 4.24. The molecule has 0 radical (unpaired) electrons. The summed E-state index contributed by atoms with van der Waals surface area (Å²) in [5, 5.41) is 0. The lowest BCUT2D eigenvalue weighted by atomic mass is 10.7. The van der Waals surface area contributed by atoms with E-state index in [9.17, 15) is 0 Å². The van der Waals surface area contributed by atoms with Crippen molar-refractivity contribution in [3.8, 4) is 0 Å². The zero-order valence-electron chi connectivity index (χ0n) is 8.07. The smallest absolute Gasteiger partial charge is 0.149 e. The summed E-state index contributed by atoms with van der Waals surface area (Å²) in [6.07, 6.45) is 5.23. The molecule has 0 aliphatic carbocycles. The van der Waals surface area contributed by atoms with Gasteiger partial charge >= 0.3 is 0 Å². The molecule has 1 heterocycles. The molecule has 1 aromatic rings. The molecule has 66 valence electrons. The van der Waals surface area contributed by atoms with Crippen LogP contribution in [-0.4, -0.2) is 25.3 Å². The van der Waals surface area contributed by atoms with Gasteiger partial charge in [0.1, 0.15) is 14.1 Å². The van der Waals surface area contributed by atoms with E-state index in [-0.39, 0.29) is 0 Å². The van der Waals surface area contributed by atoms with E-state index in [4.69, 9.17) is 0 Å². The highest BCUT2D eigenvalue weighted by Gasteiger charge is 2.21. The fourth-order valence-corrected chi connectivity index (χ4v) is 1.61. The minimum atomic E-state index is -1.27. The Balaban J connectivity index is 2.86. The lowest BCUT2D eigenvalue weighted by Gasteiger charge is -2.30. The van der Waals surface area contributed by atoms with Crippen LogP contribution in [0.2, 0.25) is 19.6 Å². The van der Waals surface area contributed by atoms with Crippen LogP contribution in [0.1, 0.15) is 0 Å². The van der Waals surface area contributed by atoms with Crippen LogP contribution in [0.15, 0.2) is 18.6 Å². The lowest BCUT2D eigenvalue weighted by molar-refractivity contribution is 1.11. The number of anilines is 1. The number of nitrogens with zero attached hydrogens (tertiary/aromatic N) is 3. The third-order valence-electron chi connectivity index (χ3n) is 1.90. The van der Waals surface area contributed by atoms with Gasteiger partial charge in [-0.1, -0.05) is 19.6 Å². The number of hydrogen-bond acceptors (Lipinski definition) is 3. The van der Waals surface area contributed by atoms with Gasteiger partial charge < -0.3 is 4.57 Å². The first-order chi connectivity index (χ1) is 5.52. The highest BCUT2D eigenvalue weighted by atomic mass is 28.3. The second-order valence-corrected chi connectivity index (χ2v) is 8.81. The zero-order chi connectivity index (χ0) is 9.19. The SMILES string of the molecule is CN(c1cnccn1)[Si](C)(C)C. The van der Waals surface area contributed by atoms with E-state index in [2.05, 4.69) is 41.2 Å². The van der Waals surface area contributed by atoms with Crippen molar-refractivity contribution in [2.24, 2.45) is 0 Å². The van der Waals surface area contributed by atoms with Crippen molar-refractivity contribution in [3.05, 3.63) is 18.6 Å². The molecule has 0 aliphatic rings. The standard InChI is InChI=1S/C8H15N3Si/c1-11(12(2,3)4)8-7-9-5-6-10-8/h5-7H,1-4H3. The van der Waals surface area contributed by atoms with Gasteiger partial charge in [-0.15, -0.1) is 0 Å². The molecule has 0 aromatic carbocycles. The van der Waals surface area contributed by atoms with Crippen molar-refractivity contribution in [2.75, 3.05) is 11.6 Å². The maximum absolute atomic E-state index is 4.24. The van der Waals surface area contributed by atoms with Crippen LogP contribution in [-0.2, 0) is 0 Å². The molecule has 0 amide bonds. The van der Waals surface area contributed by atoms with Crippen LogP contribution < -0.4 is 4.57 Å². The molecule has 0 bridgehead atoms. The minimum absolute atomic E-state index is 0.969. The van der Waals surface area contributed by atoms with Crippen molar-refractivity contribution in [2.45, 2.75) is 19.6 Å². The summed E-state index contributed by atoms with van der Waals surface area (Å²) in [5.41, 5.74) is 0. The van der Waals surface area contributed by atoms with Crippen molar-refractivity contribution >= 4 is 14.1 Å². The van der Waals surface area contributed by atoms with Gasteiger partial charge in [0.25, 0.3) is 0 Å². The Morgan fingerprint density at radius 3 is 2.33 bits per heavy atom. The average Bonchev–Trinajstić information content (AvgIpc) is 2.03. The second-order valence-electron chi connectivity index (χ2n) is 3.79. The van der Waals surface area contributed by atoms with Gasteiger partial charge in [0.05, 0.1) is 6.20 Å². The summed E-state index contributed by atoms with van der Waals surface area (Å²) in [7, 11) is 0.809. The summed E-state index contributed by atoms with van der Waals surface area (Å²) in [4.78, 5) is 8.28. The van der Waals surface area contributed by atoms with Crippen LogP contribution >= 0.6 is 0 Å². The minimum Gasteiger partial charge on any atom is -0.385 e. The van der Waals surface area contributed by atoms with E-state index < -0.39 is 8.24 Å². The van der Waals surface area contributed by atoms with E-state index in [0.29, 0.717) is 0 Å². The van der Waals surface area contributed by atoms with Crippen LogP contribution in [0.4, 0.5) is 5.82 Å². The average molecular weight is 181 g/mol. The largest absolute Gasteiger partial charge is 0.385 e. The maximum Gasteiger partial charge on any atom is 0.149 e. The van der Waals surface area contributed by atoms with Gasteiger partial charge in [-0.25, -0.2) is 4.98 Å². The summed E-state index contributed by atoms with van der Waals surface area (Å²) >= 11 is 0. The molecule has 0 spiro atoms. The lowest BCUT2D eigenvalue weighted by Crippen LogP contribution is -2.43. The van der Waals surface area contributed by atoms with Crippen molar-refractivity contribution in [1.82, 2.24) is 9.97 Å². The molecule has 1 rings (SSSR count). The summed E-state index contributed by atoms with van der Waals surface area (Å²) < 4.78 is 2.24. The van der Waals surface area contributed by atoms with Crippen LogP contribution in [0, 0.1) is 0 Å². The molecule has 0 aliphatic heterocycles. The molecule has 0 N–H and O–H groups in total. The number of hydrogen-bond donors (Lipinski definition) is 0. The fourth-order valence-electron chi connectivity index (χ4n) is 0.808. The van der Waals surface area contributed by atoms with Gasteiger partial charge in [0.2, 0.25) is 0 Å². The first-order valence-corrected chi connectivity index (χ1v) is 7.46. The Morgan fingerprint density at radius 2 is 1.92 bits per heavy atom. The second kappa shape index (κ2) is 3.22. The van der Waals surface area contributed by atoms with Crippen LogP contribution in [0.3, 0.4) is 0 Å². The van der Waals surface area contributed by atoms with E-state index >= 15 is 0 Å². The molecular weight excluding hydrogens is 166 g/mol. The number of aromatic nitrogens is 2. The van der Waals surface area contributed by atoms with E-state index in [1.165, 1.54) is 0 Å². The Morgan fingerprint density at radius 1 is 1.25 bits per heavy atom. The predicted octanol–water partition coefficient (Wildman–Crippen LogP) is 1.75. The molecular formula is C8H15N3Si. The molecule has 0 saturated heterocycles. The summed E-state index contributed by atoms with van der Waals surface area (Å²) in [5.74, 6) is 0.969. The van der Waals surface area contributed by atoms with Gasteiger partial charge in [-0.2, -0.15) is 0 Å². The molecule has 0 saturated carbocycles. The van der Waals surface area contributed by atoms with Gasteiger partial charge in [-0.05, 0) is 7.05 Å². The van der Waals surface area contributed by atoms with Gasteiger partial charge in [0.15, 0.2) is 0 Å². The van der Waals surface area contributed by atoms with Gasteiger partial charge in [-0.3, -0.25) is 4.98 Å². The van der Waals surface area contributed by atoms with Crippen molar-refractivity contribution in [1.29, 1.82) is 0 Å². The Kier molecular flexibility index (Phi) is 2.47. The molecule has 4 heteroatoms. The van der Waals surface area contributed by atoms with Crippen LogP contribution in [0.5, 0.6) is 0 Å². The molecule has 12 heavy (non-hydrogen) atoms. The van der Waals surface area contributed by atoms with Gasteiger partial charge in [0, 0.05) is 12.4 Å².